The van der Waals surface area contributed by atoms with Crippen LogP contribution in [0.2, 0.25) is 0 Å². The predicted octanol–water partition coefficient (Wildman–Crippen LogP) is 3.04. The van der Waals surface area contributed by atoms with Crippen LogP contribution < -0.4 is 0 Å². The Balaban J connectivity index is 2.08. The van der Waals surface area contributed by atoms with Crippen LogP contribution in [-0.4, -0.2) is 15.8 Å². The summed E-state index contributed by atoms with van der Waals surface area (Å²) >= 11 is 0. The Morgan fingerprint density at radius 1 is 1.24 bits per heavy atom. The van der Waals surface area contributed by atoms with Crippen LogP contribution in [0.15, 0.2) is 48.5 Å². The van der Waals surface area contributed by atoms with Crippen LogP contribution in [0.4, 0.5) is 5.69 Å². The van der Waals surface area contributed by atoms with Gasteiger partial charge in [-0.25, -0.2) is 0 Å². The van der Waals surface area contributed by atoms with Crippen LogP contribution >= 0.6 is 0 Å². The van der Waals surface area contributed by atoms with E-state index in [2.05, 4.69) is 0 Å². The molecule has 0 amide bonds. The number of aryl methyl sites for hydroxylation is 1. The minimum absolute atomic E-state index is 0.0932. The summed E-state index contributed by atoms with van der Waals surface area (Å²) in [6.07, 6.45) is -0.939. The van der Waals surface area contributed by atoms with Crippen molar-refractivity contribution in [1.82, 2.24) is 0 Å². The van der Waals surface area contributed by atoms with E-state index in [1.165, 1.54) is 6.07 Å². The molecule has 0 radical (unpaired) electrons. The fourth-order valence-electron chi connectivity index (χ4n) is 1.94. The molecular formula is C16H15NO4. The van der Waals surface area contributed by atoms with E-state index in [9.17, 15) is 20.0 Å². The Kier molecular flexibility index (Phi) is 4.21. The monoisotopic (exact) mass is 286 g/mol. The van der Waals surface area contributed by atoms with E-state index in [4.69, 9.17) is 1.37 Å². The summed E-state index contributed by atoms with van der Waals surface area (Å²) in [6.45, 7) is 0. The van der Waals surface area contributed by atoms with E-state index >= 15 is 0 Å². The zero-order valence-corrected chi connectivity index (χ0v) is 11.2. The molecule has 0 saturated carbocycles. The van der Waals surface area contributed by atoms with Crippen molar-refractivity contribution in [1.29, 1.82) is 0 Å². The number of hydrogen-bond donors (Lipinski definition) is 1. The van der Waals surface area contributed by atoms with Crippen molar-refractivity contribution in [3.63, 3.8) is 0 Å². The molecular weight excluding hydrogens is 270 g/mol. The number of benzene rings is 2. The number of phenolic OH excluding ortho intramolecular Hbond substituents is 1. The standard InChI is InChI=1S/C16H15NO4/c18-15(10-12-4-2-1-3-5-12)8-6-13-11-14(17(20)21)7-9-16(13)19/h1-5,7,9,11,19H,6,8,10H2/i6D. The SMILES string of the molecule is [2H]C(CC(=O)Cc1ccccc1)c1cc([N+](=O)[O-])ccc1O. The fraction of sp³-hybridized carbons (Fsp3) is 0.188. The smallest absolute Gasteiger partial charge is 0.269 e. The minimum Gasteiger partial charge on any atom is -0.508 e. The third kappa shape index (κ3) is 4.14. The second kappa shape index (κ2) is 6.65. The first-order valence-electron chi connectivity index (χ1n) is 7.00. The van der Waals surface area contributed by atoms with Crippen molar-refractivity contribution in [2.45, 2.75) is 19.2 Å². The van der Waals surface area contributed by atoms with Gasteiger partial charge in [-0.1, -0.05) is 30.3 Å². The van der Waals surface area contributed by atoms with Crippen molar-refractivity contribution in [2.75, 3.05) is 0 Å². The lowest BCUT2D eigenvalue weighted by Gasteiger charge is -2.04. The van der Waals surface area contributed by atoms with Crippen LogP contribution in [0.5, 0.6) is 5.75 Å². The van der Waals surface area contributed by atoms with E-state index in [1.54, 1.807) is 0 Å². The molecule has 1 N–H and O–H groups in total. The molecule has 0 spiro atoms. The van der Waals surface area contributed by atoms with Gasteiger partial charge < -0.3 is 5.11 Å². The summed E-state index contributed by atoms with van der Waals surface area (Å²) in [5, 5.41) is 20.5. The van der Waals surface area contributed by atoms with Gasteiger partial charge in [-0.05, 0) is 18.0 Å². The number of hydrogen-bond acceptors (Lipinski definition) is 4. The molecule has 0 heterocycles. The highest BCUT2D eigenvalue weighted by atomic mass is 16.6. The van der Waals surface area contributed by atoms with Crippen LogP contribution in [-0.2, 0) is 17.6 Å². The maximum absolute atomic E-state index is 12.0. The number of ketones is 1. The van der Waals surface area contributed by atoms with Crippen molar-refractivity contribution in [3.8, 4) is 5.75 Å². The highest BCUT2D eigenvalue weighted by molar-refractivity contribution is 5.81. The number of carbonyl (C=O) groups excluding carboxylic acids is 1. The fourth-order valence-corrected chi connectivity index (χ4v) is 1.94. The third-order valence-electron chi connectivity index (χ3n) is 3.02. The normalized spacial score (nSPS) is 12.5. The van der Waals surface area contributed by atoms with Gasteiger partial charge in [0.15, 0.2) is 0 Å². The summed E-state index contributed by atoms with van der Waals surface area (Å²) in [7, 11) is 0. The van der Waals surface area contributed by atoms with Gasteiger partial charge in [0.1, 0.15) is 11.5 Å². The summed E-state index contributed by atoms with van der Waals surface area (Å²) in [4.78, 5) is 22.1. The van der Waals surface area contributed by atoms with Crippen molar-refractivity contribution in [3.05, 3.63) is 69.8 Å². The van der Waals surface area contributed by atoms with Gasteiger partial charge in [0.05, 0.1) is 4.92 Å². The Hall–Kier alpha value is -2.69. The number of carbonyl (C=O) groups is 1. The van der Waals surface area contributed by atoms with Gasteiger partial charge in [-0.3, -0.25) is 14.9 Å². The molecule has 5 heteroatoms. The molecule has 0 bridgehead atoms. The number of aromatic hydroxyl groups is 1. The Labute approximate surface area is 123 Å². The zero-order chi connectivity index (χ0) is 16.1. The summed E-state index contributed by atoms with van der Waals surface area (Å²) in [5.41, 5.74) is 0.735. The summed E-state index contributed by atoms with van der Waals surface area (Å²) in [6, 6.07) is 12.6. The third-order valence-corrected chi connectivity index (χ3v) is 3.02. The van der Waals surface area contributed by atoms with E-state index in [0.29, 0.717) is 0 Å². The van der Waals surface area contributed by atoms with Gasteiger partial charge in [-0.2, -0.15) is 0 Å². The molecule has 0 aromatic heterocycles. The molecule has 2 rings (SSSR count). The van der Waals surface area contributed by atoms with Gasteiger partial charge in [0, 0.05) is 31.9 Å². The average molecular weight is 286 g/mol. The van der Waals surface area contributed by atoms with Crippen molar-refractivity contribution < 1.29 is 16.2 Å². The maximum Gasteiger partial charge on any atom is 0.269 e. The molecule has 0 saturated heterocycles. The second-order valence-electron chi connectivity index (χ2n) is 4.61. The van der Waals surface area contributed by atoms with Crippen LogP contribution in [0, 0.1) is 10.1 Å². The molecule has 0 aliphatic rings. The Morgan fingerprint density at radius 3 is 2.62 bits per heavy atom. The Morgan fingerprint density at radius 2 is 1.95 bits per heavy atom. The van der Waals surface area contributed by atoms with Crippen molar-refractivity contribution >= 4 is 11.5 Å². The van der Waals surface area contributed by atoms with Crippen LogP contribution in [0.3, 0.4) is 0 Å². The number of non-ortho nitro benzene ring substituents is 1. The number of nitro benzene ring substituents is 1. The molecule has 2 aromatic carbocycles. The number of nitrogens with zero attached hydrogens (tertiary/aromatic N) is 1. The largest absolute Gasteiger partial charge is 0.508 e. The Bertz CT molecular complexity index is 688. The van der Waals surface area contributed by atoms with E-state index < -0.39 is 11.3 Å². The first-order valence-corrected chi connectivity index (χ1v) is 6.42. The first-order chi connectivity index (χ1) is 10.5. The zero-order valence-electron chi connectivity index (χ0n) is 12.2. The van der Waals surface area contributed by atoms with Gasteiger partial charge in [0.25, 0.3) is 5.69 Å². The average Bonchev–Trinajstić information content (AvgIpc) is 2.48. The molecule has 0 fully saturated rings. The molecule has 5 nitrogen and oxygen atoms in total. The summed E-state index contributed by atoms with van der Waals surface area (Å²) in [5.74, 6) is -0.366. The maximum atomic E-state index is 12.0. The van der Waals surface area contributed by atoms with Crippen molar-refractivity contribution in [2.24, 2.45) is 0 Å². The molecule has 108 valence electrons. The molecule has 2 aromatic rings. The molecule has 0 aliphatic heterocycles. The molecule has 1 unspecified atom stereocenters. The number of phenols is 1. The van der Waals surface area contributed by atoms with E-state index in [0.717, 1.165) is 17.7 Å². The predicted molar refractivity (Wildman–Crippen MR) is 78.2 cm³/mol. The highest BCUT2D eigenvalue weighted by Gasteiger charge is 2.12. The lowest BCUT2D eigenvalue weighted by molar-refractivity contribution is -0.384. The van der Waals surface area contributed by atoms with Crippen LogP contribution in [0.1, 0.15) is 18.9 Å². The highest BCUT2D eigenvalue weighted by Crippen LogP contribution is 2.24. The molecule has 0 aliphatic carbocycles. The quantitative estimate of drug-likeness (QED) is 0.653. The topological polar surface area (TPSA) is 80.4 Å². The van der Waals surface area contributed by atoms with E-state index in [1.807, 2.05) is 30.3 Å². The van der Waals surface area contributed by atoms with E-state index in [-0.39, 0.29) is 35.6 Å². The van der Waals surface area contributed by atoms with Gasteiger partial charge in [-0.15, -0.1) is 0 Å². The second-order valence-corrected chi connectivity index (χ2v) is 4.61. The number of rotatable bonds is 6. The first kappa shape index (κ1) is 13.3. The molecule has 1 atom stereocenters. The molecule has 21 heavy (non-hydrogen) atoms. The van der Waals surface area contributed by atoms with Gasteiger partial charge >= 0.3 is 0 Å². The minimum atomic E-state index is -1.03. The number of nitro groups is 1. The number of Topliss-reactive ketones (excluding diaryl/α,β-unsaturated/α-hetero) is 1. The van der Waals surface area contributed by atoms with Crippen LogP contribution in [0.25, 0.3) is 0 Å². The lowest BCUT2D eigenvalue weighted by Crippen LogP contribution is -2.04. The van der Waals surface area contributed by atoms with Gasteiger partial charge in [0.2, 0.25) is 0 Å². The lowest BCUT2D eigenvalue weighted by atomic mass is 10.0. The summed E-state index contributed by atoms with van der Waals surface area (Å²) < 4.78 is 7.98.